The minimum absolute atomic E-state index is 0.0769. The lowest BCUT2D eigenvalue weighted by Gasteiger charge is -2.35. The number of carbonyl (C=O) groups excluding carboxylic acids is 2. The van der Waals surface area contributed by atoms with Gasteiger partial charge in [0.1, 0.15) is 11.4 Å². The fourth-order valence-electron chi connectivity index (χ4n) is 5.44. The molecule has 2 aliphatic rings. The van der Waals surface area contributed by atoms with Crippen LogP contribution in [0.2, 0.25) is 0 Å². The quantitative estimate of drug-likeness (QED) is 0.464. The van der Waals surface area contributed by atoms with Crippen LogP contribution in [0.25, 0.3) is 0 Å². The largest absolute Gasteiger partial charge is 0.492 e. The molecule has 0 radical (unpaired) electrons. The van der Waals surface area contributed by atoms with Crippen LogP contribution in [-0.4, -0.2) is 60.3 Å². The summed E-state index contributed by atoms with van der Waals surface area (Å²) in [7, 11) is 0. The summed E-state index contributed by atoms with van der Waals surface area (Å²) in [5.74, 6) is 1.40. The second-order valence-corrected chi connectivity index (χ2v) is 11.5. The highest BCUT2D eigenvalue weighted by atomic mass is 16.6. The van der Waals surface area contributed by atoms with Gasteiger partial charge in [0.2, 0.25) is 0 Å². The minimum Gasteiger partial charge on any atom is -0.492 e. The van der Waals surface area contributed by atoms with Gasteiger partial charge in [0.15, 0.2) is 0 Å². The Morgan fingerprint density at radius 2 is 1.50 bits per heavy atom. The summed E-state index contributed by atoms with van der Waals surface area (Å²) >= 11 is 0. The van der Waals surface area contributed by atoms with Gasteiger partial charge in [-0.2, -0.15) is 0 Å². The fraction of sp³-hybridized carbons (Fsp3) is 0.548. The summed E-state index contributed by atoms with van der Waals surface area (Å²) < 4.78 is 11.5. The molecule has 2 saturated heterocycles. The lowest BCUT2D eigenvalue weighted by molar-refractivity contribution is 0.0205. The Morgan fingerprint density at radius 3 is 2.11 bits per heavy atom. The Morgan fingerprint density at radius 1 is 0.895 bits per heavy atom. The topological polar surface area (TPSA) is 71.1 Å². The molecule has 2 aliphatic heterocycles. The van der Waals surface area contributed by atoms with Gasteiger partial charge in [-0.1, -0.05) is 42.0 Å². The molecule has 3 amide bonds. The Kier molecular flexibility index (Phi) is 8.85. The van der Waals surface area contributed by atoms with Gasteiger partial charge in [-0.05, 0) is 89.3 Å². The Bertz CT molecular complexity index is 1090. The Labute approximate surface area is 227 Å². The van der Waals surface area contributed by atoms with E-state index in [4.69, 9.17) is 9.47 Å². The average molecular weight is 522 g/mol. The van der Waals surface area contributed by atoms with Crippen LogP contribution in [-0.2, 0) is 4.74 Å². The van der Waals surface area contributed by atoms with E-state index in [0.29, 0.717) is 31.4 Å². The number of para-hydroxylation sites is 1. The number of hydrogen-bond acceptors (Lipinski definition) is 4. The van der Waals surface area contributed by atoms with Crippen molar-refractivity contribution < 1.29 is 19.1 Å². The van der Waals surface area contributed by atoms with E-state index < -0.39 is 5.60 Å². The standard InChI is InChI=1S/C31H43N3O4/c1-6-37-27-9-7-8-26(25-16-20-34(21-17-25)30(36)38-31(3,4)5)28(27)32-29(35)33-18-14-24(15-19-33)23-12-10-22(2)11-13-23/h7-13,24-25H,6,14-21H2,1-5H3,(H,32,35). The predicted molar refractivity (Wildman–Crippen MR) is 151 cm³/mol. The van der Waals surface area contributed by atoms with Gasteiger partial charge in [-0.25, -0.2) is 9.59 Å². The third kappa shape index (κ3) is 7.00. The molecule has 7 nitrogen and oxygen atoms in total. The highest BCUT2D eigenvalue weighted by molar-refractivity contribution is 5.92. The molecule has 2 heterocycles. The molecule has 0 spiro atoms. The first-order chi connectivity index (χ1) is 18.1. The number of piperidine rings is 2. The van der Waals surface area contributed by atoms with Crippen molar-refractivity contribution >= 4 is 17.8 Å². The monoisotopic (exact) mass is 521 g/mol. The van der Waals surface area contributed by atoms with Crippen molar-refractivity contribution in [3.05, 3.63) is 59.2 Å². The number of anilines is 1. The SMILES string of the molecule is CCOc1cccc(C2CCN(C(=O)OC(C)(C)C)CC2)c1NC(=O)N1CCC(c2ccc(C)cc2)CC1. The van der Waals surface area contributed by atoms with Gasteiger partial charge < -0.3 is 24.6 Å². The van der Waals surface area contributed by atoms with Crippen LogP contribution in [0.15, 0.2) is 42.5 Å². The molecule has 2 aromatic rings. The molecule has 2 aromatic carbocycles. The number of urea groups is 1. The number of aryl methyl sites for hydroxylation is 1. The number of nitrogens with zero attached hydrogens (tertiary/aromatic N) is 2. The Hall–Kier alpha value is -3.22. The molecule has 7 heteroatoms. The summed E-state index contributed by atoms with van der Waals surface area (Å²) in [5, 5.41) is 3.21. The van der Waals surface area contributed by atoms with E-state index in [1.165, 1.54) is 11.1 Å². The first-order valence-corrected chi connectivity index (χ1v) is 14.0. The number of amides is 3. The van der Waals surface area contributed by atoms with Crippen molar-refractivity contribution in [2.45, 2.75) is 77.7 Å². The van der Waals surface area contributed by atoms with Crippen molar-refractivity contribution in [3.63, 3.8) is 0 Å². The van der Waals surface area contributed by atoms with Crippen LogP contribution >= 0.6 is 0 Å². The highest BCUT2D eigenvalue weighted by Crippen LogP contribution is 2.39. The third-order valence-electron chi connectivity index (χ3n) is 7.51. The summed E-state index contributed by atoms with van der Waals surface area (Å²) in [6.07, 6.45) is 3.26. The number of likely N-dealkylation sites (tertiary alicyclic amines) is 2. The molecule has 0 aliphatic carbocycles. The van der Waals surface area contributed by atoms with E-state index in [1.54, 1.807) is 4.90 Å². The average Bonchev–Trinajstić information content (AvgIpc) is 2.89. The predicted octanol–water partition coefficient (Wildman–Crippen LogP) is 6.92. The number of ether oxygens (including phenoxy) is 2. The van der Waals surface area contributed by atoms with Crippen molar-refractivity contribution in [2.24, 2.45) is 0 Å². The summed E-state index contributed by atoms with van der Waals surface area (Å²) in [6, 6.07) is 14.7. The second kappa shape index (κ2) is 12.1. The molecule has 1 N–H and O–H groups in total. The molecule has 2 fully saturated rings. The van der Waals surface area contributed by atoms with Crippen molar-refractivity contribution in [3.8, 4) is 5.75 Å². The molecular formula is C31H43N3O4. The highest BCUT2D eigenvalue weighted by Gasteiger charge is 2.30. The number of nitrogens with one attached hydrogen (secondary N) is 1. The first-order valence-electron chi connectivity index (χ1n) is 14.0. The molecule has 206 valence electrons. The van der Waals surface area contributed by atoms with Gasteiger partial charge in [0.05, 0.1) is 12.3 Å². The fourth-order valence-corrected chi connectivity index (χ4v) is 5.44. The summed E-state index contributed by atoms with van der Waals surface area (Å²) in [4.78, 5) is 29.6. The molecule has 0 bridgehead atoms. The third-order valence-corrected chi connectivity index (χ3v) is 7.51. The van der Waals surface area contributed by atoms with E-state index in [2.05, 4.69) is 42.6 Å². The maximum atomic E-state index is 13.4. The molecular weight excluding hydrogens is 478 g/mol. The first kappa shape index (κ1) is 27.8. The number of hydrogen-bond donors (Lipinski definition) is 1. The zero-order valence-corrected chi connectivity index (χ0v) is 23.6. The van der Waals surface area contributed by atoms with Crippen molar-refractivity contribution in [1.29, 1.82) is 0 Å². The van der Waals surface area contributed by atoms with Crippen LogP contribution in [0.5, 0.6) is 5.75 Å². The summed E-state index contributed by atoms with van der Waals surface area (Å²) in [5.41, 5.74) is 3.95. The molecule has 0 aromatic heterocycles. The van der Waals surface area contributed by atoms with E-state index in [1.807, 2.05) is 44.7 Å². The van der Waals surface area contributed by atoms with E-state index in [9.17, 15) is 9.59 Å². The van der Waals surface area contributed by atoms with Crippen LogP contribution in [0.4, 0.5) is 15.3 Å². The summed E-state index contributed by atoms with van der Waals surface area (Å²) in [6.45, 7) is 12.9. The number of carbonyl (C=O) groups is 2. The van der Waals surface area contributed by atoms with Crippen molar-refractivity contribution in [2.75, 3.05) is 38.1 Å². The van der Waals surface area contributed by atoms with Crippen molar-refractivity contribution in [1.82, 2.24) is 9.80 Å². The normalized spacial score (nSPS) is 17.3. The van der Waals surface area contributed by atoms with Crippen LogP contribution < -0.4 is 10.1 Å². The van der Waals surface area contributed by atoms with E-state index >= 15 is 0 Å². The van der Waals surface area contributed by atoms with Gasteiger partial charge in [-0.15, -0.1) is 0 Å². The van der Waals surface area contributed by atoms with Gasteiger partial charge in [0, 0.05) is 26.2 Å². The lowest BCUT2D eigenvalue weighted by Crippen LogP contribution is -2.42. The smallest absolute Gasteiger partial charge is 0.410 e. The zero-order chi connectivity index (χ0) is 27.3. The molecule has 38 heavy (non-hydrogen) atoms. The maximum absolute atomic E-state index is 13.4. The maximum Gasteiger partial charge on any atom is 0.410 e. The molecule has 0 unspecified atom stereocenters. The number of rotatable bonds is 5. The molecule has 4 rings (SSSR count). The number of benzene rings is 2. The van der Waals surface area contributed by atoms with Crippen LogP contribution in [0.3, 0.4) is 0 Å². The van der Waals surface area contributed by atoms with E-state index in [-0.39, 0.29) is 18.0 Å². The molecule has 0 atom stereocenters. The minimum atomic E-state index is -0.508. The van der Waals surface area contributed by atoms with Gasteiger partial charge >= 0.3 is 12.1 Å². The van der Waals surface area contributed by atoms with E-state index in [0.717, 1.165) is 50.0 Å². The van der Waals surface area contributed by atoms with Crippen LogP contribution in [0.1, 0.15) is 81.9 Å². The molecule has 0 saturated carbocycles. The van der Waals surface area contributed by atoms with Crippen LogP contribution in [0, 0.1) is 6.92 Å². The second-order valence-electron chi connectivity index (χ2n) is 11.5. The lowest BCUT2D eigenvalue weighted by atomic mass is 9.88. The zero-order valence-electron chi connectivity index (χ0n) is 23.6. The Balaban J connectivity index is 1.41. The van der Waals surface area contributed by atoms with Gasteiger partial charge in [0.25, 0.3) is 0 Å². The van der Waals surface area contributed by atoms with Gasteiger partial charge in [-0.3, -0.25) is 0 Å².